The number of likely N-dealkylation sites (tertiary alicyclic amines) is 1. The molecule has 1 amide bonds. The predicted molar refractivity (Wildman–Crippen MR) is 116 cm³/mol. The Hall–Kier alpha value is -1.72. The fraction of sp³-hybridized carbons (Fsp3) is 0.826. The molecule has 0 aliphatic carbocycles. The predicted octanol–water partition coefficient (Wildman–Crippen LogP) is 5.53. The maximum Gasteiger partial charge on any atom is 0.410 e. The number of nitrogens with zero attached hydrogens (tertiary/aromatic N) is 2. The number of H-pyrrole nitrogens is 1. The number of aromatic nitrogens is 2. The summed E-state index contributed by atoms with van der Waals surface area (Å²) in [7, 11) is 1.65. The van der Waals surface area contributed by atoms with E-state index >= 15 is 0 Å². The molecule has 1 fully saturated rings. The van der Waals surface area contributed by atoms with Gasteiger partial charge in [0.1, 0.15) is 6.10 Å². The van der Waals surface area contributed by atoms with Crippen molar-refractivity contribution in [1.29, 1.82) is 0 Å². The molecule has 1 N–H and O–H groups in total. The Kier molecular flexibility index (Phi) is 6.65. The molecule has 0 saturated carbocycles. The van der Waals surface area contributed by atoms with Crippen molar-refractivity contribution in [3.8, 4) is 5.88 Å². The minimum absolute atomic E-state index is 0.00752. The lowest BCUT2D eigenvalue weighted by molar-refractivity contribution is -0.100. The first kappa shape index (κ1) is 23.6. The third-order valence-corrected chi connectivity index (χ3v) is 6.91. The van der Waals surface area contributed by atoms with Crippen LogP contribution >= 0.6 is 0 Å². The van der Waals surface area contributed by atoms with Crippen molar-refractivity contribution in [2.45, 2.75) is 87.2 Å². The maximum atomic E-state index is 13.1. The Labute approximate surface area is 176 Å². The van der Waals surface area contributed by atoms with Gasteiger partial charge in [0.2, 0.25) is 5.88 Å². The molecule has 0 radical (unpaired) electrons. The molecule has 1 unspecified atom stereocenters. The third-order valence-electron chi connectivity index (χ3n) is 6.91. The van der Waals surface area contributed by atoms with Crippen LogP contribution in [0.15, 0.2) is 0 Å². The standard InChI is InChI=1S/C23H41N3O3/c1-15-17(18(28-10)25-24-15)16-11-13-26(14-12-16)20(27)29-19(21(2,3)4)23(8,9)22(5,6)7/h16,19H,11-14H2,1-10H3,(H,24,25). The van der Waals surface area contributed by atoms with Crippen LogP contribution in [0, 0.1) is 23.2 Å². The number of ether oxygens (including phenoxy) is 2. The first-order valence-electron chi connectivity index (χ1n) is 10.7. The van der Waals surface area contributed by atoms with Crippen molar-refractivity contribution in [3.63, 3.8) is 0 Å². The van der Waals surface area contributed by atoms with Crippen LogP contribution in [0.4, 0.5) is 4.79 Å². The summed E-state index contributed by atoms with van der Waals surface area (Å²) < 4.78 is 11.6. The van der Waals surface area contributed by atoms with Gasteiger partial charge in [0.05, 0.1) is 7.11 Å². The third kappa shape index (κ3) is 4.89. The molecular formula is C23H41N3O3. The molecule has 2 heterocycles. The number of hydrogen-bond acceptors (Lipinski definition) is 4. The Morgan fingerprint density at radius 1 is 1.10 bits per heavy atom. The number of hydrogen-bond donors (Lipinski definition) is 1. The largest absolute Gasteiger partial charge is 0.480 e. The second-order valence-corrected chi connectivity index (χ2v) is 11.1. The highest BCUT2D eigenvalue weighted by molar-refractivity contribution is 5.68. The molecule has 1 aromatic rings. The lowest BCUT2D eigenvalue weighted by atomic mass is 9.60. The van der Waals surface area contributed by atoms with Crippen LogP contribution < -0.4 is 4.74 Å². The zero-order chi connectivity index (χ0) is 22.2. The number of aryl methyl sites for hydroxylation is 1. The average molecular weight is 408 g/mol. The van der Waals surface area contributed by atoms with Gasteiger partial charge in [-0.05, 0) is 36.5 Å². The van der Waals surface area contributed by atoms with Crippen LogP contribution in [-0.2, 0) is 4.74 Å². The highest BCUT2D eigenvalue weighted by Gasteiger charge is 2.48. The van der Waals surface area contributed by atoms with Crippen molar-refractivity contribution >= 4 is 6.09 Å². The number of aromatic amines is 1. The number of carbonyl (C=O) groups excluding carboxylic acids is 1. The highest BCUT2D eigenvalue weighted by atomic mass is 16.6. The molecule has 6 nitrogen and oxygen atoms in total. The van der Waals surface area contributed by atoms with Gasteiger partial charge in [0.25, 0.3) is 0 Å². The van der Waals surface area contributed by atoms with Crippen LogP contribution in [0.1, 0.15) is 85.4 Å². The lowest BCUT2D eigenvalue weighted by Gasteiger charge is -2.49. The molecule has 1 aliphatic heterocycles. The normalized spacial score (nSPS) is 17.9. The monoisotopic (exact) mass is 407 g/mol. The fourth-order valence-corrected chi connectivity index (χ4v) is 4.38. The Morgan fingerprint density at radius 3 is 2.10 bits per heavy atom. The molecule has 1 atom stereocenters. The van der Waals surface area contributed by atoms with Crippen molar-refractivity contribution < 1.29 is 14.3 Å². The fourth-order valence-electron chi connectivity index (χ4n) is 4.38. The summed E-state index contributed by atoms with van der Waals surface area (Å²) in [6, 6.07) is 0. The van der Waals surface area contributed by atoms with Gasteiger partial charge in [-0.2, -0.15) is 0 Å². The first-order chi connectivity index (χ1) is 13.2. The zero-order valence-corrected chi connectivity index (χ0v) is 20.1. The molecule has 1 saturated heterocycles. The van der Waals surface area contributed by atoms with E-state index in [0.29, 0.717) is 24.9 Å². The van der Waals surface area contributed by atoms with Crippen molar-refractivity contribution in [2.24, 2.45) is 16.2 Å². The Morgan fingerprint density at radius 2 is 1.66 bits per heavy atom. The maximum absolute atomic E-state index is 13.1. The van der Waals surface area contributed by atoms with E-state index in [-0.39, 0.29) is 28.4 Å². The van der Waals surface area contributed by atoms with Gasteiger partial charge in [0, 0.05) is 29.8 Å². The smallest absolute Gasteiger partial charge is 0.410 e. The van der Waals surface area contributed by atoms with Gasteiger partial charge in [-0.3, -0.25) is 5.10 Å². The molecule has 2 rings (SSSR count). The van der Waals surface area contributed by atoms with Gasteiger partial charge in [-0.25, -0.2) is 4.79 Å². The number of rotatable bonds is 4. The summed E-state index contributed by atoms with van der Waals surface area (Å²) in [6.45, 7) is 20.9. The molecule has 29 heavy (non-hydrogen) atoms. The summed E-state index contributed by atoms with van der Waals surface area (Å²) in [5.74, 6) is 1.01. The van der Waals surface area contributed by atoms with Crippen LogP contribution in [0.2, 0.25) is 0 Å². The Bertz CT molecular complexity index is 702. The van der Waals surface area contributed by atoms with Crippen LogP contribution in [0.25, 0.3) is 0 Å². The van der Waals surface area contributed by atoms with E-state index in [1.165, 1.54) is 0 Å². The van der Waals surface area contributed by atoms with Crippen LogP contribution in [-0.4, -0.2) is 47.5 Å². The van der Waals surface area contributed by atoms with E-state index in [2.05, 4.69) is 65.6 Å². The quantitative estimate of drug-likeness (QED) is 0.712. The van der Waals surface area contributed by atoms with Crippen LogP contribution in [0.3, 0.4) is 0 Å². The minimum atomic E-state index is -0.198. The topological polar surface area (TPSA) is 67.5 Å². The SMILES string of the molecule is COc1n[nH]c(C)c1C1CCN(C(=O)OC(C(C)(C)C)C(C)(C)C(C)(C)C)CC1. The lowest BCUT2D eigenvalue weighted by Crippen LogP contribution is -2.52. The molecule has 1 aliphatic rings. The van der Waals surface area contributed by atoms with E-state index in [1.54, 1.807) is 7.11 Å². The molecule has 166 valence electrons. The second-order valence-electron chi connectivity index (χ2n) is 11.1. The highest BCUT2D eigenvalue weighted by Crippen LogP contribution is 2.48. The van der Waals surface area contributed by atoms with E-state index in [1.807, 2.05) is 11.8 Å². The number of piperidine rings is 1. The van der Waals surface area contributed by atoms with E-state index in [4.69, 9.17) is 9.47 Å². The Balaban J connectivity index is 2.09. The molecule has 0 aromatic carbocycles. The van der Waals surface area contributed by atoms with E-state index < -0.39 is 0 Å². The molecule has 6 heteroatoms. The van der Waals surface area contributed by atoms with Gasteiger partial charge in [-0.15, -0.1) is 5.10 Å². The first-order valence-corrected chi connectivity index (χ1v) is 10.7. The van der Waals surface area contributed by atoms with Crippen LogP contribution in [0.5, 0.6) is 5.88 Å². The summed E-state index contributed by atoms with van der Waals surface area (Å²) in [6.07, 6.45) is 1.39. The minimum Gasteiger partial charge on any atom is -0.480 e. The number of methoxy groups -OCH3 is 1. The van der Waals surface area contributed by atoms with Crippen molar-refractivity contribution in [3.05, 3.63) is 11.3 Å². The summed E-state index contributed by atoms with van der Waals surface area (Å²) in [4.78, 5) is 14.9. The van der Waals surface area contributed by atoms with Gasteiger partial charge < -0.3 is 14.4 Å². The average Bonchev–Trinajstić information content (AvgIpc) is 2.98. The molecular weight excluding hydrogens is 366 g/mol. The molecule has 1 aromatic heterocycles. The van der Waals surface area contributed by atoms with Crippen molar-refractivity contribution in [1.82, 2.24) is 15.1 Å². The van der Waals surface area contributed by atoms with Gasteiger partial charge in [-0.1, -0.05) is 55.4 Å². The number of nitrogens with one attached hydrogen (secondary N) is 1. The van der Waals surface area contributed by atoms with Gasteiger partial charge in [0.15, 0.2) is 0 Å². The molecule has 0 bridgehead atoms. The summed E-state index contributed by atoms with van der Waals surface area (Å²) in [5, 5.41) is 7.24. The van der Waals surface area contributed by atoms with E-state index in [0.717, 1.165) is 24.1 Å². The summed E-state index contributed by atoms with van der Waals surface area (Å²) in [5.41, 5.74) is 1.88. The van der Waals surface area contributed by atoms with Crippen molar-refractivity contribution in [2.75, 3.05) is 20.2 Å². The number of carbonyl (C=O) groups is 1. The second kappa shape index (κ2) is 8.19. The zero-order valence-electron chi connectivity index (χ0n) is 20.1. The number of amides is 1. The van der Waals surface area contributed by atoms with Gasteiger partial charge >= 0.3 is 6.09 Å². The van der Waals surface area contributed by atoms with E-state index in [9.17, 15) is 4.79 Å². The summed E-state index contributed by atoms with van der Waals surface area (Å²) >= 11 is 0. The molecule has 0 spiro atoms.